The monoisotopic (exact) mass is 228 g/mol. The molecule has 0 spiro atoms. The predicted molar refractivity (Wildman–Crippen MR) is 63.7 cm³/mol. The Bertz CT molecular complexity index is 657. The van der Waals surface area contributed by atoms with Gasteiger partial charge in [-0.25, -0.2) is 9.37 Å². The van der Waals surface area contributed by atoms with Gasteiger partial charge in [0, 0.05) is 11.8 Å². The number of nitrogens with one attached hydrogen (secondary N) is 1. The summed E-state index contributed by atoms with van der Waals surface area (Å²) in [5.74, 6) is 0.103. The van der Waals surface area contributed by atoms with Crippen LogP contribution in [-0.4, -0.2) is 15.0 Å². The number of aromatic nitrogens is 3. The van der Waals surface area contributed by atoms with E-state index in [4.69, 9.17) is 5.73 Å². The molecule has 17 heavy (non-hydrogen) atoms. The molecule has 2 aromatic heterocycles. The molecule has 1 aromatic carbocycles. The molecule has 4 nitrogen and oxygen atoms in total. The number of hydrogen-bond acceptors (Lipinski definition) is 3. The standard InChI is InChI=1S/C12H9FN4/c13-8-3-1-2-7(11(8)14)12-16-9-4-5-15-6-10(9)17-12/h1-6H,14H2,(H,16,17). The summed E-state index contributed by atoms with van der Waals surface area (Å²) in [6.07, 6.45) is 3.32. The number of hydrogen-bond donors (Lipinski definition) is 2. The summed E-state index contributed by atoms with van der Waals surface area (Å²) in [5.41, 5.74) is 7.91. The highest BCUT2D eigenvalue weighted by atomic mass is 19.1. The molecule has 0 amide bonds. The van der Waals surface area contributed by atoms with Crippen molar-refractivity contribution in [1.29, 1.82) is 0 Å². The molecule has 0 saturated heterocycles. The molecule has 0 aliphatic carbocycles. The second-order valence-corrected chi connectivity index (χ2v) is 3.68. The lowest BCUT2D eigenvalue weighted by atomic mass is 10.1. The Morgan fingerprint density at radius 1 is 1.24 bits per heavy atom. The van der Waals surface area contributed by atoms with Crippen LogP contribution in [0.25, 0.3) is 22.4 Å². The molecule has 0 bridgehead atoms. The van der Waals surface area contributed by atoms with Gasteiger partial charge in [0.1, 0.15) is 11.6 Å². The number of rotatable bonds is 1. The highest BCUT2D eigenvalue weighted by molar-refractivity contribution is 5.81. The SMILES string of the molecule is Nc1c(F)cccc1-c1nc2ccncc2[nH]1. The lowest BCUT2D eigenvalue weighted by Crippen LogP contribution is -1.94. The van der Waals surface area contributed by atoms with Gasteiger partial charge in [0.15, 0.2) is 0 Å². The molecule has 0 unspecified atom stereocenters. The third-order valence-electron chi connectivity index (χ3n) is 2.59. The zero-order valence-electron chi connectivity index (χ0n) is 8.81. The molecule has 3 aromatic rings. The molecule has 0 saturated carbocycles. The molecule has 84 valence electrons. The van der Waals surface area contributed by atoms with Crippen molar-refractivity contribution >= 4 is 16.7 Å². The largest absolute Gasteiger partial charge is 0.396 e. The highest BCUT2D eigenvalue weighted by Crippen LogP contribution is 2.26. The molecular weight excluding hydrogens is 219 g/mol. The first-order valence-corrected chi connectivity index (χ1v) is 5.10. The average molecular weight is 228 g/mol. The zero-order valence-corrected chi connectivity index (χ0v) is 8.81. The molecule has 0 aliphatic rings. The first-order chi connectivity index (χ1) is 8.25. The molecule has 0 atom stereocenters. The number of halogens is 1. The molecule has 5 heteroatoms. The van der Waals surface area contributed by atoms with Crippen LogP contribution in [0.4, 0.5) is 10.1 Å². The maximum atomic E-state index is 13.3. The first kappa shape index (κ1) is 9.77. The Kier molecular flexibility index (Phi) is 2.04. The fourth-order valence-corrected chi connectivity index (χ4v) is 1.73. The van der Waals surface area contributed by atoms with E-state index < -0.39 is 5.82 Å². The van der Waals surface area contributed by atoms with Gasteiger partial charge in [-0.05, 0) is 18.2 Å². The molecule has 0 radical (unpaired) electrons. The summed E-state index contributed by atoms with van der Waals surface area (Å²) in [5, 5.41) is 0. The van der Waals surface area contributed by atoms with Gasteiger partial charge in [0.25, 0.3) is 0 Å². The van der Waals surface area contributed by atoms with Gasteiger partial charge < -0.3 is 10.7 Å². The Morgan fingerprint density at radius 3 is 2.94 bits per heavy atom. The molecule has 2 heterocycles. The third-order valence-corrected chi connectivity index (χ3v) is 2.59. The van der Waals surface area contributed by atoms with E-state index in [-0.39, 0.29) is 5.69 Å². The minimum absolute atomic E-state index is 0.0968. The number of H-pyrrole nitrogens is 1. The van der Waals surface area contributed by atoms with E-state index in [9.17, 15) is 4.39 Å². The lowest BCUT2D eigenvalue weighted by Gasteiger charge is -2.02. The van der Waals surface area contributed by atoms with E-state index in [2.05, 4.69) is 15.0 Å². The van der Waals surface area contributed by atoms with Gasteiger partial charge in [0.2, 0.25) is 0 Å². The van der Waals surface area contributed by atoms with Crippen molar-refractivity contribution in [3.63, 3.8) is 0 Å². The zero-order chi connectivity index (χ0) is 11.8. The van der Waals surface area contributed by atoms with E-state index in [1.807, 2.05) is 0 Å². The van der Waals surface area contributed by atoms with Crippen molar-refractivity contribution in [2.24, 2.45) is 0 Å². The summed E-state index contributed by atoms with van der Waals surface area (Å²) in [4.78, 5) is 11.4. The molecule has 0 aliphatic heterocycles. The van der Waals surface area contributed by atoms with Crippen LogP contribution in [0.3, 0.4) is 0 Å². The van der Waals surface area contributed by atoms with E-state index in [0.29, 0.717) is 11.4 Å². The number of pyridine rings is 1. The molecule has 3 N–H and O–H groups in total. The Morgan fingerprint density at radius 2 is 2.12 bits per heavy atom. The fraction of sp³-hybridized carbons (Fsp3) is 0. The van der Waals surface area contributed by atoms with Crippen LogP contribution < -0.4 is 5.73 Å². The van der Waals surface area contributed by atoms with Crippen molar-refractivity contribution in [2.45, 2.75) is 0 Å². The van der Waals surface area contributed by atoms with E-state index in [1.54, 1.807) is 30.6 Å². The van der Waals surface area contributed by atoms with Crippen LogP contribution in [0.15, 0.2) is 36.7 Å². The van der Waals surface area contributed by atoms with Gasteiger partial charge in [-0.15, -0.1) is 0 Å². The number of para-hydroxylation sites is 1. The number of nitrogen functional groups attached to an aromatic ring is 1. The number of aromatic amines is 1. The lowest BCUT2D eigenvalue weighted by molar-refractivity contribution is 0.633. The molecule has 0 fully saturated rings. The van der Waals surface area contributed by atoms with Crippen molar-refractivity contribution in [1.82, 2.24) is 15.0 Å². The summed E-state index contributed by atoms with van der Waals surface area (Å²) in [7, 11) is 0. The van der Waals surface area contributed by atoms with Gasteiger partial charge in [0.05, 0.1) is 22.9 Å². The van der Waals surface area contributed by atoms with Crippen molar-refractivity contribution < 1.29 is 4.39 Å². The van der Waals surface area contributed by atoms with Crippen LogP contribution >= 0.6 is 0 Å². The van der Waals surface area contributed by atoms with Crippen LogP contribution in [-0.2, 0) is 0 Å². The smallest absolute Gasteiger partial charge is 0.146 e. The van der Waals surface area contributed by atoms with Crippen LogP contribution in [0.1, 0.15) is 0 Å². The average Bonchev–Trinajstić information content (AvgIpc) is 2.76. The molecular formula is C12H9FN4. The Balaban J connectivity index is 2.24. The van der Waals surface area contributed by atoms with Gasteiger partial charge in [-0.3, -0.25) is 4.98 Å². The second kappa shape index (κ2) is 3.55. The predicted octanol–water partition coefficient (Wildman–Crippen LogP) is 2.35. The normalized spacial score (nSPS) is 10.9. The van der Waals surface area contributed by atoms with Crippen LogP contribution in [0.2, 0.25) is 0 Å². The van der Waals surface area contributed by atoms with Crippen molar-refractivity contribution in [3.8, 4) is 11.4 Å². The highest BCUT2D eigenvalue weighted by Gasteiger charge is 2.10. The van der Waals surface area contributed by atoms with Gasteiger partial charge in [-0.1, -0.05) is 6.07 Å². The summed E-state index contributed by atoms with van der Waals surface area (Å²) in [6, 6.07) is 6.43. The van der Waals surface area contributed by atoms with E-state index >= 15 is 0 Å². The summed E-state index contributed by atoms with van der Waals surface area (Å²) < 4.78 is 13.3. The topological polar surface area (TPSA) is 67.6 Å². The minimum Gasteiger partial charge on any atom is -0.396 e. The number of benzene rings is 1. The maximum absolute atomic E-state index is 13.3. The molecule has 3 rings (SSSR count). The first-order valence-electron chi connectivity index (χ1n) is 5.10. The van der Waals surface area contributed by atoms with Crippen LogP contribution in [0.5, 0.6) is 0 Å². The summed E-state index contributed by atoms with van der Waals surface area (Å²) >= 11 is 0. The van der Waals surface area contributed by atoms with Crippen molar-refractivity contribution in [2.75, 3.05) is 5.73 Å². The van der Waals surface area contributed by atoms with Crippen LogP contribution in [0, 0.1) is 5.82 Å². The van der Waals surface area contributed by atoms with E-state index in [1.165, 1.54) is 6.07 Å². The summed E-state index contributed by atoms with van der Waals surface area (Å²) in [6.45, 7) is 0. The van der Waals surface area contributed by atoms with E-state index in [0.717, 1.165) is 11.0 Å². The number of anilines is 1. The van der Waals surface area contributed by atoms with Crippen molar-refractivity contribution in [3.05, 3.63) is 42.5 Å². The van der Waals surface area contributed by atoms with Gasteiger partial charge in [-0.2, -0.15) is 0 Å². The number of nitrogens with zero attached hydrogens (tertiary/aromatic N) is 2. The Labute approximate surface area is 96.3 Å². The Hall–Kier alpha value is -2.43. The number of fused-ring (bicyclic) bond motifs is 1. The number of nitrogens with two attached hydrogens (primary N) is 1. The minimum atomic E-state index is -0.443. The quantitative estimate of drug-likeness (QED) is 0.628. The third kappa shape index (κ3) is 1.52. The maximum Gasteiger partial charge on any atom is 0.146 e. The number of imidazole rings is 1. The fourth-order valence-electron chi connectivity index (χ4n) is 1.73. The second-order valence-electron chi connectivity index (χ2n) is 3.68. The van der Waals surface area contributed by atoms with Gasteiger partial charge >= 0.3 is 0 Å².